The Kier molecular flexibility index (Phi) is 8.74. The van der Waals surface area contributed by atoms with Crippen molar-refractivity contribution in [1.82, 2.24) is 0 Å². The highest BCUT2D eigenvalue weighted by Gasteiger charge is 2.01. The monoisotopic (exact) mass is 180 g/mol. The number of hydrogen-bond acceptors (Lipinski definition) is 5. The molecule has 0 aliphatic rings. The quantitative estimate of drug-likeness (QED) is 0.332. The van der Waals surface area contributed by atoms with Gasteiger partial charge >= 0.3 is 0 Å². The summed E-state index contributed by atoms with van der Waals surface area (Å²) in [5.41, 5.74) is 0. The summed E-state index contributed by atoms with van der Waals surface area (Å²) in [5, 5.41) is 25.6. The maximum Gasteiger partial charge on any atom is 0.269 e. The van der Waals surface area contributed by atoms with Crippen molar-refractivity contribution >= 4 is 0 Å². The van der Waals surface area contributed by atoms with Gasteiger partial charge in [-0.2, -0.15) is 0 Å². The van der Waals surface area contributed by atoms with Crippen LogP contribution >= 0.6 is 0 Å². The molecular weight excluding hydrogens is 164 g/mol. The molecule has 5 heteroatoms. The first kappa shape index (κ1) is 11.8. The molecular formula is C7H16O5. The number of ether oxygens (including phenoxy) is 2. The van der Waals surface area contributed by atoms with E-state index in [4.69, 9.17) is 24.8 Å². The Balaban J connectivity index is 3.04. The average Bonchev–Trinajstić information content (AvgIpc) is 2.06. The van der Waals surface area contributed by atoms with Crippen molar-refractivity contribution in [3.63, 3.8) is 0 Å². The second kappa shape index (κ2) is 8.89. The topological polar surface area (TPSA) is 79.2 Å². The van der Waals surface area contributed by atoms with Crippen LogP contribution in [0.4, 0.5) is 0 Å². The van der Waals surface area contributed by atoms with E-state index >= 15 is 0 Å². The number of rotatable bonds is 8. The van der Waals surface area contributed by atoms with Crippen molar-refractivity contribution in [2.24, 2.45) is 0 Å². The fraction of sp³-hybridized carbons (Fsp3) is 1.00. The standard InChI is InChI=1S/C7H16O5/c8-3-1-5-11-7(10)12-6-2-4-9/h7-10H,1-6H2. The lowest BCUT2D eigenvalue weighted by molar-refractivity contribution is -0.264. The first-order valence-electron chi connectivity index (χ1n) is 3.94. The summed E-state index contributed by atoms with van der Waals surface area (Å²) in [7, 11) is 0. The molecule has 0 fully saturated rings. The minimum absolute atomic E-state index is 0.0311. The van der Waals surface area contributed by atoms with Crippen LogP contribution in [0.1, 0.15) is 12.8 Å². The fourth-order valence-electron chi connectivity index (χ4n) is 0.546. The maximum absolute atomic E-state index is 8.89. The lowest BCUT2D eigenvalue weighted by Crippen LogP contribution is -2.18. The molecule has 0 aliphatic carbocycles. The van der Waals surface area contributed by atoms with Crippen LogP contribution in [0.25, 0.3) is 0 Å². The second-order valence-electron chi connectivity index (χ2n) is 2.20. The lowest BCUT2D eigenvalue weighted by atomic mass is 10.5. The van der Waals surface area contributed by atoms with Gasteiger partial charge in [0.15, 0.2) is 0 Å². The Labute approximate surface area is 71.5 Å². The van der Waals surface area contributed by atoms with E-state index in [1.807, 2.05) is 0 Å². The highest BCUT2D eigenvalue weighted by Crippen LogP contribution is 1.92. The number of hydrogen-bond donors (Lipinski definition) is 3. The third-order valence-electron chi connectivity index (χ3n) is 1.13. The van der Waals surface area contributed by atoms with Gasteiger partial charge in [0.05, 0.1) is 13.2 Å². The van der Waals surface area contributed by atoms with Crippen molar-refractivity contribution in [3.8, 4) is 0 Å². The summed E-state index contributed by atoms with van der Waals surface area (Å²) in [4.78, 5) is 0. The van der Waals surface area contributed by atoms with E-state index in [1.165, 1.54) is 0 Å². The molecule has 12 heavy (non-hydrogen) atoms. The van der Waals surface area contributed by atoms with Crippen LogP contribution in [0.15, 0.2) is 0 Å². The smallest absolute Gasteiger partial charge is 0.269 e. The zero-order valence-electron chi connectivity index (χ0n) is 6.98. The van der Waals surface area contributed by atoms with Crippen molar-refractivity contribution in [2.75, 3.05) is 26.4 Å². The fourth-order valence-corrected chi connectivity index (χ4v) is 0.546. The Bertz CT molecular complexity index is 77.9. The molecule has 0 unspecified atom stereocenters. The Morgan fingerprint density at radius 1 is 0.917 bits per heavy atom. The number of aliphatic hydroxyl groups is 3. The van der Waals surface area contributed by atoms with Crippen LogP contribution in [0.3, 0.4) is 0 Å². The van der Waals surface area contributed by atoms with Crippen LogP contribution in [0.5, 0.6) is 0 Å². The molecule has 74 valence electrons. The Morgan fingerprint density at radius 2 is 1.33 bits per heavy atom. The van der Waals surface area contributed by atoms with Gasteiger partial charge in [0, 0.05) is 13.2 Å². The highest BCUT2D eigenvalue weighted by atomic mass is 16.8. The summed E-state index contributed by atoms with van der Waals surface area (Å²) >= 11 is 0. The summed E-state index contributed by atoms with van der Waals surface area (Å²) in [6, 6.07) is 0. The van der Waals surface area contributed by atoms with Gasteiger partial charge in [-0.05, 0) is 12.8 Å². The van der Waals surface area contributed by atoms with Crippen molar-refractivity contribution in [1.29, 1.82) is 0 Å². The molecule has 0 bridgehead atoms. The van der Waals surface area contributed by atoms with Crippen LogP contribution < -0.4 is 0 Å². The zero-order valence-corrected chi connectivity index (χ0v) is 6.98. The van der Waals surface area contributed by atoms with Gasteiger partial charge in [-0.3, -0.25) is 0 Å². The second-order valence-corrected chi connectivity index (χ2v) is 2.20. The molecule has 0 saturated heterocycles. The largest absolute Gasteiger partial charge is 0.396 e. The first-order valence-corrected chi connectivity index (χ1v) is 3.94. The average molecular weight is 180 g/mol. The molecule has 0 saturated carbocycles. The Morgan fingerprint density at radius 3 is 1.67 bits per heavy atom. The summed E-state index contributed by atoms with van der Waals surface area (Å²) in [6.07, 6.45) is 0.945. The van der Waals surface area contributed by atoms with E-state index in [0.717, 1.165) is 0 Å². The van der Waals surface area contributed by atoms with E-state index < -0.39 is 6.48 Å². The summed E-state index contributed by atoms with van der Waals surface area (Å²) in [5.74, 6) is 0. The molecule has 0 aromatic rings. The van der Waals surface area contributed by atoms with E-state index in [0.29, 0.717) is 12.8 Å². The van der Waals surface area contributed by atoms with E-state index in [2.05, 4.69) is 0 Å². The van der Waals surface area contributed by atoms with E-state index in [-0.39, 0.29) is 26.4 Å². The van der Waals surface area contributed by atoms with Crippen molar-refractivity contribution in [2.45, 2.75) is 19.3 Å². The van der Waals surface area contributed by atoms with Crippen LogP contribution in [-0.4, -0.2) is 48.2 Å². The van der Waals surface area contributed by atoms with Gasteiger partial charge in [0.2, 0.25) is 0 Å². The lowest BCUT2D eigenvalue weighted by Gasteiger charge is -2.11. The predicted octanol–water partition coefficient (Wildman–Crippen LogP) is -0.940. The molecule has 0 atom stereocenters. The van der Waals surface area contributed by atoms with E-state index in [1.54, 1.807) is 0 Å². The van der Waals surface area contributed by atoms with Crippen molar-refractivity contribution in [3.05, 3.63) is 0 Å². The minimum Gasteiger partial charge on any atom is -0.396 e. The van der Waals surface area contributed by atoms with Gasteiger partial charge in [-0.15, -0.1) is 0 Å². The normalized spacial score (nSPS) is 11.0. The van der Waals surface area contributed by atoms with Gasteiger partial charge in [0.25, 0.3) is 6.48 Å². The molecule has 0 aliphatic heterocycles. The van der Waals surface area contributed by atoms with E-state index in [9.17, 15) is 0 Å². The third kappa shape index (κ3) is 7.90. The van der Waals surface area contributed by atoms with Gasteiger partial charge in [-0.1, -0.05) is 0 Å². The van der Waals surface area contributed by atoms with Crippen LogP contribution in [0.2, 0.25) is 0 Å². The Hall–Kier alpha value is -0.200. The SMILES string of the molecule is OCCCOC(O)OCCCO. The molecule has 3 N–H and O–H groups in total. The first-order chi connectivity index (χ1) is 5.81. The maximum atomic E-state index is 8.89. The molecule has 0 rings (SSSR count). The minimum atomic E-state index is -1.25. The summed E-state index contributed by atoms with van der Waals surface area (Å²) in [6.45, 7) is -0.663. The number of aliphatic hydroxyl groups excluding tert-OH is 3. The summed E-state index contributed by atoms with van der Waals surface area (Å²) < 4.78 is 9.44. The zero-order chi connectivity index (χ0) is 9.23. The molecule has 0 aromatic heterocycles. The third-order valence-corrected chi connectivity index (χ3v) is 1.13. The van der Waals surface area contributed by atoms with Gasteiger partial charge in [0.1, 0.15) is 0 Å². The highest BCUT2D eigenvalue weighted by molar-refractivity contribution is 4.32. The van der Waals surface area contributed by atoms with Crippen LogP contribution in [0, 0.1) is 0 Å². The van der Waals surface area contributed by atoms with Gasteiger partial charge < -0.3 is 24.8 Å². The van der Waals surface area contributed by atoms with Gasteiger partial charge in [-0.25, -0.2) is 0 Å². The van der Waals surface area contributed by atoms with Crippen molar-refractivity contribution < 1.29 is 24.8 Å². The molecule has 0 heterocycles. The molecule has 5 nitrogen and oxygen atoms in total. The van der Waals surface area contributed by atoms with Crippen LogP contribution in [-0.2, 0) is 9.47 Å². The molecule has 0 aromatic carbocycles. The molecule has 0 spiro atoms. The predicted molar refractivity (Wildman–Crippen MR) is 41.3 cm³/mol. The molecule has 0 amide bonds. The molecule has 0 radical (unpaired) electrons.